The van der Waals surface area contributed by atoms with Gasteiger partial charge in [-0.1, -0.05) is 24.6 Å². The Hall–Kier alpha value is -3.10. The Morgan fingerprint density at radius 3 is 1.93 bits per heavy atom. The smallest absolute Gasteiger partial charge is 0.347 e. The summed E-state index contributed by atoms with van der Waals surface area (Å²) in [4.78, 5) is 25.4. The van der Waals surface area contributed by atoms with Gasteiger partial charge in [0.05, 0.1) is 0 Å². The van der Waals surface area contributed by atoms with Crippen LogP contribution in [0.15, 0.2) is 42.5 Å². The Morgan fingerprint density at radius 2 is 1.37 bits per heavy atom. The second kappa shape index (κ2) is 10.6. The Kier molecular flexibility index (Phi) is 7.64. The number of benzene rings is 2. The third-order valence-electron chi connectivity index (χ3n) is 4.75. The topological polar surface area (TPSA) is 112 Å². The fourth-order valence-corrected chi connectivity index (χ4v) is 3.35. The van der Waals surface area contributed by atoms with E-state index < -0.39 is 25.5 Å². The van der Waals surface area contributed by atoms with Gasteiger partial charge in [0.1, 0.15) is 23.0 Å². The van der Waals surface area contributed by atoms with Crippen LogP contribution in [0.5, 0.6) is 17.2 Å². The van der Waals surface area contributed by atoms with E-state index in [0.29, 0.717) is 5.75 Å². The molecule has 1 fully saturated rings. The first-order chi connectivity index (χ1) is 14.6. The molecule has 8 heteroatoms. The molecule has 0 radical (unpaired) electrons. The molecule has 0 unspecified atom stereocenters. The molecule has 1 aliphatic rings. The summed E-state index contributed by atoms with van der Waals surface area (Å²) in [7, 11) is 0. The molecular weight excluding hydrogens is 392 g/mol. The van der Waals surface area contributed by atoms with E-state index in [1.807, 2.05) is 0 Å². The van der Waals surface area contributed by atoms with E-state index >= 15 is 0 Å². The van der Waals surface area contributed by atoms with Gasteiger partial charge < -0.3 is 29.2 Å². The Balaban J connectivity index is 1.91. The van der Waals surface area contributed by atoms with Crippen molar-refractivity contribution in [2.75, 3.05) is 13.6 Å². The second-order valence-electron chi connectivity index (χ2n) is 6.73. The highest BCUT2D eigenvalue weighted by molar-refractivity contribution is 6.00. The molecule has 0 aliphatic heterocycles. The van der Waals surface area contributed by atoms with Crippen molar-refractivity contribution >= 4 is 11.9 Å². The van der Waals surface area contributed by atoms with Gasteiger partial charge in [0.25, 0.3) is 0 Å². The highest BCUT2D eigenvalue weighted by Crippen LogP contribution is 2.37. The molecule has 0 saturated heterocycles. The van der Waals surface area contributed by atoms with Crippen molar-refractivity contribution < 1.29 is 38.7 Å². The van der Waals surface area contributed by atoms with Gasteiger partial charge in [0.2, 0.25) is 0 Å². The summed E-state index contributed by atoms with van der Waals surface area (Å²) in [5.74, 6) is -1.54. The lowest BCUT2D eigenvalue weighted by atomic mass is 9.98. The number of hydrogen-bond donors (Lipinski definition) is 2. The van der Waals surface area contributed by atoms with Gasteiger partial charge in [-0.05, 0) is 49.9 Å². The van der Waals surface area contributed by atoms with E-state index in [2.05, 4.69) is 0 Å². The van der Waals surface area contributed by atoms with Crippen molar-refractivity contribution in [2.24, 2.45) is 0 Å². The van der Waals surface area contributed by atoms with Crippen LogP contribution in [-0.2, 0) is 4.74 Å². The van der Waals surface area contributed by atoms with Crippen LogP contribution in [0.25, 0.3) is 0 Å². The van der Waals surface area contributed by atoms with Gasteiger partial charge >= 0.3 is 11.9 Å². The Labute approximate surface area is 173 Å². The van der Waals surface area contributed by atoms with E-state index in [0.717, 1.165) is 32.1 Å². The number of carbonyl (C=O) groups excluding carboxylic acids is 2. The average molecular weight is 416 g/mol. The summed E-state index contributed by atoms with van der Waals surface area (Å²) >= 11 is 0. The summed E-state index contributed by atoms with van der Waals surface area (Å²) < 4.78 is 21.2. The van der Waals surface area contributed by atoms with E-state index in [1.165, 1.54) is 12.1 Å². The van der Waals surface area contributed by atoms with Crippen molar-refractivity contribution in [1.82, 2.24) is 0 Å². The molecule has 30 heavy (non-hydrogen) atoms. The van der Waals surface area contributed by atoms with E-state index in [9.17, 15) is 19.8 Å². The van der Waals surface area contributed by atoms with Crippen LogP contribution >= 0.6 is 0 Å². The maximum atomic E-state index is 12.7. The fourth-order valence-electron chi connectivity index (χ4n) is 3.35. The molecule has 0 amide bonds. The van der Waals surface area contributed by atoms with Gasteiger partial charge in [-0.2, -0.15) is 0 Å². The van der Waals surface area contributed by atoms with Crippen LogP contribution in [0, 0.1) is 0 Å². The molecular formula is C22H24O8. The molecule has 0 atom stereocenters. The first-order valence-electron chi connectivity index (χ1n) is 9.76. The quantitative estimate of drug-likeness (QED) is 0.384. The van der Waals surface area contributed by atoms with Crippen molar-refractivity contribution in [1.29, 1.82) is 0 Å². The molecule has 2 aromatic carbocycles. The maximum absolute atomic E-state index is 12.7. The van der Waals surface area contributed by atoms with E-state index in [1.54, 1.807) is 30.3 Å². The van der Waals surface area contributed by atoms with Crippen molar-refractivity contribution in [3.8, 4) is 17.2 Å². The second-order valence-corrected chi connectivity index (χ2v) is 6.73. The zero-order valence-electron chi connectivity index (χ0n) is 16.4. The van der Waals surface area contributed by atoms with Gasteiger partial charge in [0.15, 0.2) is 25.1 Å². The minimum atomic E-state index is -0.783. The molecule has 1 aliphatic carbocycles. The zero-order valence-corrected chi connectivity index (χ0v) is 16.4. The van der Waals surface area contributed by atoms with Crippen LogP contribution in [0.4, 0.5) is 0 Å². The lowest BCUT2D eigenvalue weighted by Gasteiger charge is -2.23. The molecule has 0 bridgehead atoms. The van der Waals surface area contributed by atoms with Crippen LogP contribution in [-0.4, -0.2) is 41.8 Å². The summed E-state index contributed by atoms with van der Waals surface area (Å²) in [5.41, 5.74) is -0.0973. The number of para-hydroxylation sites is 1. The highest BCUT2D eigenvalue weighted by atomic mass is 16.6. The molecule has 0 spiro atoms. The van der Waals surface area contributed by atoms with Crippen molar-refractivity contribution in [2.45, 2.75) is 38.2 Å². The van der Waals surface area contributed by atoms with Gasteiger partial charge in [-0.15, -0.1) is 0 Å². The molecule has 0 aromatic heterocycles. The summed E-state index contributed by atoms with van der Waals surface area (Å²) in [6.07, 6.45) is 4.45. The standard InChI is InChI=1S/C22H24O8/c23-13-27-19-17(21(25)29-15-7-3-1-4-8-15)11-12-18(20(19)28-14-24)22(26)30-16-9-5-2-6-10-16/h1,3-4,7-8,11-12,16,23-24H,2,5-6,9-10,13-14H2. The lowest BCUT2D eigenvalue weighted by Crippen LogP contribution is -2.22. The molecule has 3 rings (SSSR count). The minimum Gasteiger partial charge on any atom is -0.463 e. The predicted octanol–water partition coefficient (Wildman–Crippen LogP) is 3.05. The van der Waals surface area contributed by atoms with E-state index in [4.69, 9.17) is 18.9 Å². The number of esters is 2. The van der Waals surface area contributed by atoms with Gasteiger partial charge in [-0.25, -0.2) is 9.59 Å². The average Bonchev–Trinajstić information content (AvgIpc) is 2.76. The molecule has 0 heterocycles. The molecule has 1 saturated carbocycles. The third kappa shape index (κ3) is 5.28. The summed E-state index contributed by atoms with van der Waals surface area (Å²) in [5, 5.41) is 18.6. The van der Waals surface area contributed by atoms with Gasteiger partial charge in [-0.3, -0.25) is 0 Å². The minimum absolute atomic E-state index is 0.0191. The number of aliphatic hydroxyl groups excluding tert-OH is 2. The number of aliphatic hydroxyl groups is 2. The van der Waals surface area contributed by atoms with Crippen molar-refractivity contribution in [3.05, 3.63) is 53.6 Å². The number of carbonyl (C=O) groups is 2. The predicted molar refractivity (Wildman–Crippen MR) is 106 cm³/mol. The lowest BCUT2D eigenvalue weighted by molar-refractivity contribution is 0.0195. The fraction of sp³-hybridized carbons (Fsp3) is 0.364. The van der Waals surface area contributed by atoms with Crippen molar-refractivity contribution in [3.63, 3.8) is 0 Å². The molecule has 8 nitrogen and oxygen atoms in total. The monoisotopic (exact) mass is 416 g/mol. The maximum Gasteiger partial charge on any atom is 0.347 e. The number of ether oxygens (including phenoxy) is 4. The number of hydrogen-bond acceptors (Lipinski definition) is 8. The van der Waals surface area contributed by atoms with Crippen LogP contribution in [0.1, 0.15) is 52.8 Å². The summed E-state index contributed by atoms with van der Waals surface area (Å²) in [6.45, 7) is -1.56. The first-order valence-corrected chi connectivity index (χ1v) is 9.76. The largest absolute Gasteiger partial charge is 0.463 e. The number of rotatable bonds is 8. The highest BCUT2D eigenvalue weighted by Gasteiger charge is 2.28. The van der Waals surface area contributed by atoms with Crippen LogP contribution in [0.2, 0.25) is 0 Å². The molecule has 2 N–H and O–H groups in total. The Morgan fingerprint density at radius 1 is 0.800 bits per heavy atom. The normalized spacial score (nSPS) is 14.1. The van der Waals surface area contributed by atoms with Crippen LogP contribution in [0.3, 0.4) is 0 Å². The summed E-state index contributed by atoms with van der Waals surface area (Å²) in [6, 6.07) is 11.1. The SMILES string of the molecule is O=C(Oc1ccccc1)c1ccc(C(=O)OC2CCCCC2)c(OCO)c1OCO. The Bertz CT molecular complexity index is 859. The first kappa shape index (κ1) is 21.6. The van der Waals surface area contributed by atoms with Gasteiger partial charge in [0, 0.05) is 0 Å². The molecule has 160 valence electrons. The van der Waals surface area contributed by atoms with E-state index in [-0.39, 0.29) is 28.7 Å². The molecule has 2 aromatic rings. The van der Waals surface area contributed by atoms with Crippen LogP contribution < -0.4 is 14.2 Å². The zero-order chi connectivity index (χ0) is 21.3. The third-order valence-corrected chi connectivity index (χ3v) is 4.75.